The van der Waals surface area contributed by atoms with Crippen molar-refractivity contribution in [1.82, 2.24) is 5.48 Å². The van der Waals surface area contributed by atoms with E-state index in [0.717, 1.165) is 31.4 Å². The molecule has 0 saturated carbocycles. The molecule has 2 N–H and O–H groups in total. The van der Waals surface area contributed by atoms with Crippen LogP contribution in [0.15, 0.2) is 12.1 Å². The van der Waals surface area contributed by atoms with E-state index in [1.54, 1.807) is 5.48 Å². The summed E-state index contributed by atoms with van der Waals surface area (Å²) in [5, 5.41) is 8.36. The second-order valence-corrected chi connectivity index (χ2v) is 5.20. The van der Waals surface area contributed by atoms with E-state index in [2.05, 4.69) is 32.9 Å². The molecule has 0 heterocycles. The highest BCUT2D eigenvalue weighted by molar-refractivity contribution is 5.74. The molecule has 0 aliphatic heterocycles. The standard InChI is InChI=1S/C16H25NO3/c1-12-9-10-13(2)16(14(12)3)20-11-7-5-4-6-8-15(18)17-19/h9-10,19H,4-8,11H2,1-3H3,(H,17,18). The molecule has 112 valence electrons. The average molecular weight is 279 g/mol. The van der Waals surface area contributed by atoms with Gasteiger partial charge in [-0.25, -0.2) is 5.48 Å². The number of ether oxygens (including phenoxy) is 1. The maximum Gasteiger partial charge on any atom is 0.243 e. The van der Waals surface area contributed by atoms with E-state index < -0.39 is 0 Å². The summed E-state index contributed by atoms with van der Waals surface area (Å²) in [6.07, 6.45) is 4.17. The lowest BCUT2D eigenvalue weighted by molar-refractivity contribution is -0.129. The van der Waals surface area contributed by atoms with Gasteiger partial charge >= 0.3 is 0 Å². The predicted octanol–water partition coefficient (Wildman–Crippen LogP) is 3.45. The largest absolute Gasteiger partial charge is 0.493 e. The van der Waals surface area contributed by atoms with Gasteiger partial charge in [0.05, 0.1) is 6.61 Å². The first-order chi connectivity index (χ1) is 9.56. The Labute approximate surface area is 121 Å². The van der Waals surface area contributed by atoms with Crippen LogP contribution in [0.3, 0.4) is 0 Å². The first kappa shape index (κ1) is 16.5. The highest BCUT2D eigenvalue weighted by Crippen LogP contribution is 2.25. The average Bonchev–Trinajstić information content (AvgIpc) is 2.44. The van der Waals surface area contributed by atoms with Crippen molar-refractivity contribution in [2.45, 2.75) is 52.9 Å². The van der Waals surface area contributed by atoms with Crippen LogP contribution in [0.5, 0.6) is 5.75 Å². The number of nitrogens with one attached hydrogen (secondary N) is 1. The van der Waals surface area contributed by atoms with Crippen LogP contribution < -0.4 is 10.2 Å². The highest BCUT2D eigenvalue weighted by atomic mass is 16.5. The van der Waals surface area contributed by atoms with Crippen LogP contribution in [0.25, 0.3) is 0 Å². The molecule has 4 nitrogen and oxygen atoms in total. The van der Waals surface area contributed by atoms with Gasteiger partial charge in [-0.3, -0.25) is 10.0 Å². The third-order valence-corrected chi connectivity index (χ3v) is 3.54. The van der Waals surface area contributed by atoms with E-state index in [1.807, 2.05) is 0 Å². The topological polar surface area (TPSA) is 58.6 Å². The molecule has 4 heteroatoms. The fraction of sp³-hybridized carbons (Fsp3) is 0.562. The molecule has 1 aromatic rings. The van der Waals surface area contributed by atoms with Crippen molar-refractivity contribution in [3.05, 3.63) is 28.8 Å². The number of benzene rings is 1. The molecule has 0 saturated heterocycles. The molecule has 1 aromatic carbocycles. The van der Waals surface area contributed by atoms with Crippen molar-refractivity contribution in [3.63, 3.8) is 0 Å². The smallest absolute Gasteiger partial charge is 0.243 e. The first-order valence-corrected chi connectivity index (χ1v) is 7.18. The molecule has 0 atom stereocenters. The zero-order chi connectivity index (χ0) is 15.0. The van der Waals surface area contributed by atoms with Gasteiger partial charge in [-0.1, -0.05) is 25.0 Å². The van der Waals surface area contributed by atoms with Crippen molar-refractivity contribution >= 4 is 5.91 Å². The fourth-order valence-corrected chi connectivity index (χ4v) is 2.12. The van der Waals surface area contributed by atoms with E-state index in [4.69, 9.17) is 9.94 Å². The van der Waals surface area contributed by atoms with Gasteiger partial charge in [-0.05, 0) is 50.3 Å². The van der Waals surface area contributed by atoms with Crippen LogP contribution in [0.1, 0.15) is 48.8 Å². The van der Waals surface area contributed by atoms with Gasteiger partial charge in [0.2, 0.25) is 5.91 Å². The molecule has 1 rings (SSSR count). The third-order valence-electron chi connectivity index (χ3n) is 3.54. The molecule has 20 heavy (non-hydrogen) atoms. The monoisotopic (exact) mass is 279 g/mol. The lowest BCUT2D eigenvalue weighted by Crippen LogP contribution is -2.17. The lowest BCUT2D eigenvalue weighted by atomic mass is 10.1. The van der Waals surface area contributed by atoms with Crippen molar-refractivity contribution < 1.29 is 14.7 Å². The summed E-state index contributed by atoms with van der Waals surface area (Å²) in [6, 6.07) is 4.20. The molecule has 0 radical (unpaired) electrons. The summed E-state index contributed by atoms with van der Waals surface area (Å²) < 4.78 is 5.88. The molecule has 0 unspecified atom stereocenters. The van der Waals surface area contributed by atoms with Gasteiger partial charge in [0.15, 0.2) is 0 Å². The minimum Gasteiger partial charge on any atom is -0.493 e. The maximum atomic E-state index is 10.8. The minimum absolute atomic E-state index is 0.313. The lowest BCUT2D eigenvalue weighted by Gasteiger charge is -2.13. The van der Waals surface area contributed by atoms with E-state index in [0.29, 0.717) is 13.0 Å². The van der Waals surface area contributed by atoms with E-state index in [9.17, 15) is 4.79 Å². The fourth-order valence-electron chi connectivity index (χ4n) is 2.12. The second-order valence-electron chi connectivity index (χ2n) is 5.20. The predicted molar refractivity (Wildman–Crippen MR) is 79.2 cm³/mol. The number of carbonyl (C=O) groups excluding carboxylic acids is 1. The van der Waals surface area contributed by atoms with Crippen LogP contribution in [0.4, 0.5) is 0 Å². The maximum absolute atomic E-state index is 10.8. The van der Waals surface area contributed by atoms with Gasteiger partial charge in [0.25, 0.3) is 0 Å². The Hall–Kier alpha value is -1.55. The second kappa shape index (κ2) is 8.59. The molecule has 0 aliphatic rings. The Balaban J connectivity index is 2.22. The molecule has 0 aliphatic carbocycles. The van der Waals surface area contributed by atoms with Crippen molar-refractivity contribution in [2.75, 3.05) is 6.61 Å². The molecular weight excluding hydrogens is 254 g/mol. The van der Waals surface area contributed by atoms with E-state index in [1.165, 1.54) is 16.7 Å². The molecule has 0 fully saturated rings. The summed E-state index contributed by atoms with van der Waals surface area (Å²) in [4.78, 5) is 10.8. The molecule has 0 spiro atoms. The number of carbonyl (C=O) groups is 1. The van der Waals surface area contributed by atoms with Crippen LogP contribution in [-0.2, 0) is 4.79 Å². The molecular formula is C16H25NO3. The first-order valence-electron chi connectivity index (χ1n) is 7.18. The number of hydrogen-bond acceptors (Lipinski definition) is 3. The van der Waals surface area contributed by atoms with Crippen LogP contribution in [0.2, 0.25) is 0 Å². The zero-order valence-corrected chi connectivity index (χ0v) is 12.7. The molecule has 0 bridgehead atoms. The van der Waals surface area contributed by atoms with Crippen molar-refractivity contribution in [2.24, 2.45) is 0 Å². The summed E-state index contributed by atoms with van der Waals surface area (Å²) in [5.74, 6) is 0.692. The Bertz CT molecular complexity index is 444. The summed E-state index contributed by atoms with van der Waals surface area (Å²) in [5.41, 5.74) is 5.28. The van der Waals surface area contributed by atoms with Gasteiger partial charge in [-0.15, -0.1) is 0 Å². The number of amides is 1. The summed E-state index contributed by atoms with van der Waals surface area (Å²) in [7, 11) is 0. The van der Waals surface area contributed by atoms with Crippen molar-refractivity contribution in [3.8, 4) is 5.75 Å². The van der Waals surface area contributed by atoms with E-state index >= 15 is 0 Å². The number of hydroxylamine groups is 1. The number of aryl methyl sites for hydroxylation is 2. The Morgan fingerprint density at radius 1 is 1.10 bits per heavy atom. The van der Waals surface area contributed by atoms with Gasteiger partial charge in [-0.2, -0.15) is 0 Å². The zero-order valence-electron chi connectivity index (χ0n) is 12.7. The van der Waals surface area contributed by atoms with Crippen molar-refractivity contribution in [1.29, 1.82) is 0 Å². The van der Waals surface area contributed by atoms with Gasteiger partial charge in [0, 0.05) is 6.42 Å². The Morgan fingerprint density at radius 3 is 2.45 bits per heavy atom. The Morgan fingerprint density at radius 2 is 1.75 bits per heavy atom. The Kier molecular flexibility index (Phi) is 7.09. The third kappa shape index (κ3) is 5.21. The van der Waals surface area contributed by atoms with Crippen LogP contribution in [0, 0.1) is 20.8 Å². The normalized spacial score (nSPS) is 10.4. The SMILES string of the molecule is Cc1ccc(C)c(OCCCCCCC(=O)NO)c1C. The highest BCUT2D eigenvalue weighted by Gasteiger charge is 2.06. The quantitative estimate of drug-likeness (QED) is 0.435. The van der Waals surface area contributed by atoms with Crippen LogP contribution in [-0.4, -0.2) is 17.7 Å². The van der Waals surface area contributed by atoms with Gasteiger partial charge < -0.3 is 4.74 Å². The summed E-state index contributed by atoms with van der Waals surface area (Å²) in [6.45, 7) is 6.95. The number of rotatable bonds is 8. The molecule has 0 aromatic heterocycles. The summed E-state index contributed by atoms with van der Waals surface area (Å²) >= 11 is 0. The van der Waals surface area contributed by atoms with Gasteiger partial charge in [0.1, 0.15) is 5.75 Å². The number of hydrogen-bond donors (Lipinski definition) is 2. The minimum atomic E-state index is -0.313. The van der Waals surface area contributed by atoms with E-state index in [-0.39, 0.29) is 5.91 Å². The van der Waals surface area contributed by atoms with Crippen LogP contribution >= 0.6 is 0 Å². The molecule has 1 amide bonds. The number of unbranched alkanes of at least 4 members (excludes halogenated alkanes) is 3.